The van der Waals surface area contributed by atoms with E-state index in [-0.39, 0.29) is 11.6 Å². The van der Waals surface area contributed by atoms with Crippen molar-refractivity contribution in [2.45, 2.75) is 6.42 Å². The maximum Gasteiger partial charge on any atom is 0.354 e. The van der Waals surface area contributed by atoms with Crippen molar-refractivity contribution in [3.8, 4) is 0 Å². The van der Waals surface area contributed by atoms with Crippen LogP contribution in [-0.4, -0.2) is 53.2 Å². The maximum absolute atomic E-state index is 12.1. The lowest BCUT2D eigenvalue weighted by molar-refractivity contribution is 0.0686. The molecule has 1 amide bonds. The van der Waals surface area contributed by atoms with E-state index in [0.717, 1.165) is 6.42 Å². The minimum Gasteiger partial charge on any atom is -0.477 e. The third-order valence-electron chi connectivity index (χ3n) is 2.74. The zero-order valence-corrected chi connectivity index (χ0v) is 9.83. The van der Waals surface area contributed by atoms with Gasteiger partial charge in [-0.05, 0) is 18.6 Å². The lowest BCUT2D eigenvalue weighted by Gasteiger charge is -2.19. The lowest BCUT2D eigenvalue weighted by Crippen LogP contribution is -2.33. The summed E-state index contributed by atoms with van der Waals surface area (Å²) in [4.78, 5) is 28.2. The molecule has 0 spiro atoms. The number of aromatic nitrogens is 1. The summed E-state index contributed by atoms with van der Waals surface area (Å²) in [6, 6.07) is 2.83. The van der Waals surface area contributed by atoms with E-state index in [2.05, 4.69) is 4.98 Å². The Kier molecular flexibility index (Phi) is 3.88. The molecular formula is C12H14N2O4. The number of carbonyl (C=O) groups excluding carboxylic acids is 1. The molecule has 1 aliphatic heterocycles. The van der Waals surface area contributed by atoms with Gasteiger partial charge in [0.05, 0.1) is 12.2 Å². The van der Waals surface area contributed by atoms with Gasteiger partial charge in [-0.15, -0.1) is 0 Å². The molecule has 1 aliphatic rings. The fourth-order valence-electron chi connectivity index (χ4n) is 1.78. The zero-order chi connectivity index (χ0) is 13.0. The topological polar surface area (TPSA) is 79.7 Å². The number of carbonyl (C=O) groups is 2. The van der Waals surface area contributed by atoms with Gasteiger partial charge < -0.3 is 14.7 Å². The molecule has 2 heterocycles. The van der Waals surface area contributed by atoms with Gasteiger partial charge in [0.25, 0.3) is 5.91 Å². The van der Waals surface area contributed by atoms with Crippen LogP contribution in [0.25, 0.3) is 0 Å². The zero-order valence-electron chi connectivity index (χ0n) is 9.83. The molecule has 0 saturated carbocycles. The summed E-state index contributed by atoms with van der Waals surface area (Å²) >= 11 is 0. The molecule has 1 aromatic rings. The fourth-order valence-corrected chi connectivity index (χ4v) is 1.78. The summed E-state index contributed by atoms with van der Waals surface area (Å²) in [5, 5.41) is 8.73. The Morgan fingerprint density at radius 1 is 1.28 bits per heavy atom. The van der Waals surface area contributed by atoms with Crippen molar-refractivity contribution in [1.29, 1.82) is 0 Å². The highest BCUT2D eigenvalue weighted by atomic mass is 16.5. The Bertz CT molecular complexity index is 436. The molecule has 0 aliphatic carbocycles. The molecule has 96 valence electrons. The van der Waals surface area contributed by atoms with E-state index in [0.29, 0.717) is 31.9 Å². The van der Waals surface area contributed by atoms with Gasteiger partial charge in [0.2, 0.25) is 0 Å². The number of rotatable bonds is 2. The highest BCUT2D eigenvalue weighted by molar-refractivity contribution is 5.94. The number of nitrogens with zero attached hydrogens (tertiary/aromatic N) is 2. The Balaban J connectivity index is 2.10. The minimum atomic E-state index is -1.10. The van der Waals surface area contributed by atoms with Gasteiger partial charge in [0.1, 0.15) is 5.69 Å². The van der Waals surface area contributed by atoms with Gasteiger partial charge in [0.15, 0.2) is 0 Å². The first-order valence-corrected chi connectivity index (χ1v) is 5.75. The number of hydrogen-bond acceptors (Lipinski definition) is 4. The van der Waals surface area contributed by atoms with Crippen LogP contribution in [0.5, 0.6) is 0 Å². The van der Waals surface area contributed by atoms with E-state index in [1.165, 1.54) is 18.3 Å². The van der Waals surface area contributed by atoms with Gasteiger partial charge in [-0.25, -0.2) is 9.78 Å². The molecule has 1 N–H and O–H groups in total. The van der Waals surface area contributed by atoms with E-state index < -0.39 is 5.97 Å². The summed E-state index contributed by atoms with van der Waals surface area (Å²) in [7, 11) is 0. The van der Waals surface area contributed by atoms with Crippen LogP contribution in [0, 0.1) is 0 Å². The molecule has 0 unspecified atom stereocenters. The molecule has 0 radical (unpaired) electrons. The monoisotopic (exact) mass is 250 g/mol. The number of carboxylic acid groups (broad SMARTS) is 1. The average molecular weight is 250 g/mol. The van der Waals surface area contributed by atoms with E-state index in [1.54, 1.807) is 4.90 Å². The first kappa shape index (κ1) is 12.5. The molecule has 1 aromatic heterocycles. The van der Waals surface area contributed by atoms with E-state index in [4.69, 9.17) is 9.84 Å². The van der Waals surface area contributed by atoms with Crippen LogP contribution in [0.2, 0.25) is 0 Å². The Morgan fingerprint density at radius 3 is 2.78 bits per heavy atom. The highest BCUT2D eigenvalue weighted by Crippen LogP contribution is 2.08. The fraction of sp³-hybridized carbons (Fsp3) is 0.417. The number of carboxylic acids is 1. The normalized spacial score (nSPS) is 16.1. The van der Waals surface area contributed by atoms with Gasteiger partial charge in [-0.1, -0.05) is 0 Å². The van der Waals surface area contributed by atoms with Crippen molar-refractivity contribution in [3.05, 3.63) is 29.6 Å². The second-order valence-electron chi connectivity index (χ2n) is 4.00. The molecule has 0 aromatic carbocycles. The molecule has 1 saturated heterocycles. The third-order valence-corrected chi connectivity index (χ3v) is 2.74. The quantitative estimate of drug-likeness (QED) is 0.833. The summed E-state index contributed by atoms with van der Waals surface area (Å²) in [6.45, 7) is 2.41. The predicted molar refractivity (Wildman–Crippen MR) is 62.5 cm³/mol. The maximum atomic E-state index is 12.1. The number of amides is 1. The van der Waals surface area contributed by atoms with Crippen LogP contribution < -0.4 is 0 Å². The molecule has 6 nitrogen and oxygen atoms in total. The number of hydrogen-bond donors (Lipinski definition) is 1. The Hall–Kier alpha value is -1.95. The van der Waals surface area contributed by atoms with E-state index >= 15 is 0 Å². The molecule has 0 bridgehead atoms. The average Bonchev–Trinajstić information content (AvgIpc) is 2.67. The first-order valence-electron chi connectivity index (χ1n) is 5.75. The van der Waals surface area contributed by atoms with Crippen LogP contribution in [0.1, 0.15) is 27.3 Å². The van der Waals surface area contributed by atoms with Crippen LogP contribution in [0.4, 0.5) is 0 Å². The minimum absolute atomic E-state index is 0.0641. The van der Waals surface area contributed by atoms with E-state index in [1.807, 2.05) is 0 Å². The Morgan fingerprint density at radius 2 is 2.11 bits per heavy atom. The summed E-state index contributed by atoms with van der Waals surface area (Å²) in [6.07, 6.45) is 2.11. The van der Waals surface area contributed by atoms with Crippen LogP contribution in [0.15, 0.2) is 18.3 Å². The van der Waals surface area contributed by atoms with Crippen molar-refractivity contribution in [2.24, 2.45) is 0 Å². The lowest BCUT2D eigenvalue weighted by atomic mass is 10.2. The molecule has 18 heavy (non-hydrogen) atoms. The SMILES string of the molecule is O=C(O)c1ccc(C(=O)N2CCCOCC2)cn1. The van der Waals surface area contributed by atoms with Crippen LogP contribution in [0.3, 0.4) is 0 Å². The van der Waals surface area contributed by atoms with Gasteiger partial charge in [-0.2, -0.15) is 0 Å². The molecule has 6 heteroatoms. The van der Waals surface area contributed by atoms with Crippen LogP contribution >= 0.6 is 0 Å². The molecular weight excluding hydrogens is 236 g/mol. The summed E-state index contributed by atoms with van der Waals surface area (Å²) in [5.41, 5.74) is 0.340. The predicted octanol–water partition coefficient (Wildman–Crippen LogP) is 0.642. The number of ether oxygens (including phenoxy) is 1. The highest BCUT2D eigenvalue weighted by Gasteiger charge is 2.18. The van der Waals surface area contributed by atoms with Crippen molar-refractivity contribution < 1.29 is 19.4 Å². The smallest absolute Gasteiger partial charge is 0.354 e. The number of pyridine rings is 1. The van der Waals surface area contributed by atoms with Crippen molar-refractivity contribution in [1.82, 2.24) is 9.88 Å². The third kappa shape index (κ3) is 2.84. The summed E-state index contributed by atoms with van der Waals surface area (Å²) in [5.74, 6) is -1.23. The Labute approximate surface area is 104 Å². The largest absolute Gasteiger partial charge is 0.477 e. The molecule has 1 fully saturated rings. The van der Waals surface area contributed by atoms with E-state index in [9.17, 15) is 9.59 Å². The molecule has 0 atom stereocenters. The van der Waals surface area contributed by atoms with Crippen LogP contribution in [-0.2, 0) is 4.74 Å². The van der Waals surface area contributed by atoms with Gasteiger partial charge in [-0.3, -0.25) is 4.79 Å². The second-order valence-corrected chi connectivity index (χ2v) is 4.00. The summed E-state index contributed by atoms with van der Waals surface area (Å²) < 4.78 is 5.27. The van der Waals surface area contributed by atoms with Crippen molar-refractivity contribution in [3.63, 3.8) is 0 Å². The molecule has 2 rings (SSSR count). The number of aromatic carboxylic acids is 1. The van der Waals surface area contributed by atoms with Gasteiger partial charge >= 0.3 is 5.97 Å². The second kappa shape index (κ2) is 5.59. The van der Waals surface area contributed by atoms with Crippen molar-refractivity contribution >= 4 is 11.9 Å². The van der Waals surface area contributed by atoms with Gasteiger partial charge in [0, 0.05) is 25.9 Å². The van der Waals surface area contributed by atoms with Crippen molar-refractivity contribution in [2.75, 3.05) is 26.3 Å². The standard InChI is InChI=1S/C12H14N2O4/c15-11(14-4-1-6-18-7-5-14)9-2-3-10(12(16)17)13-8-9/h2-3,8H,1,4-7H2,(H,16,17). The first-order chi connectivity index (χ1) is 8.68.